The number of hydrogen-bond acceptors (Lipinski definition) is 2. The number of nitrogens with zero attached hydrogens (tertiary/aromatic N) is 3. The van der Waals surface area contributed by atoms with Crippen LogP contribution in [0.5, 0.6) is 0 Å². The fourth-order valence-electron chi connectivity index (χ4n) is 2.86. The van der Waals surface area contributed by atoms with E-state index in [1.165, 1.54) is 6.42 Å². The molecule has 2 heterocycles. The number of amides is 1. The Hall–Kier alpha value is -1.03. The van der Waals surface area contributed by atoms with Crippen LogP contribution in [0.25, 0.3) is 0 Å². The van der Waals surface area contributed by atoms with Crippen molar-refractivity contribution in [2.75, 3.05) is 6.54 Å². The number of likely N-dealkylation sites (tertiary alicyclic amines) is 1. The van der Waals surface area contributed by atoms with E-state index in [1.807, 2.05) is 32.7 Å². The lowest BCUT2D eigenvalue weighted by Crippen LogP contribution is -2.42. The van der Waals surface area contributed by atoms with Gasteiger partial charge in [-0.2, -0.15) is 5.10 Å². The van der Waals surface area contributed by atoms with E-state index in [9.17, 15) is 4.79 Å². The van der Waals surface area contributed by atoms with Crippen LogP contribution >= 0.6 is 11.6 Å². The predicted molar refractivity (Wildman–Crippen MR) is 80.6 cm³/mol. The van der Waals surface area contributed by atoms with Crippen molar-refractivity contribution >= 4 is 17.5 Å². The quantitative estimate of drug-likeness (QED) is 0.795. The van der Waals surface area contributed by atoms with Crippen LogP contribution in [0.3, 0.4) is 0 Å². The average Bonchev–Trinajstić information content (AvgIpc) is 2.58. The fourth-order valence-corrected chi connectivity index (χ4v) is 3.15. The minimum absolute atomic E-state index is 0.0456. The van der Waals surface area contributed by atoms with Crippen LogP contribution in [-0.4, -0.2) is 27.1 Å². The van der Waals surface area contributed by atoms with E-state index < -0.39 is 0 Å². The molecule has 1 amide bonds. The third kappa shape index (κ3) is 3.00. The van der Waals surface area contributed by atoms with E-state index in [1.54, 1.807) is 10.9 Å². The summed E-state index contributed by atoms with van der Waals surface area (Å²) in [5.41, 5.74) is 0.597. The van der Waals surface area contributed by atoms with Gasteiger partial charge in [0, 0.05) is 19.0 Å². The Morgan fingerprint density at radius 1 is 1.35 bits per heavy atom. The molecule has 0 spiro atoms. The molecule has 1 atom stereocenters. The first-order valence-corrected chi connectivity index (χ1v) is 7.68. The topological polar surface area (TPSA) is 38.1 Å². The standard InChI is InChI=1S/C15H24ClN3O/c1-15(2,3)14(20)19-9-7-5-6-8-12(19)13-11(16)10-17-18(13)4/h10,12H,5-9H2,1-4H3. The number of aryl methyl sites for hydroxylation is 1. The highest BCUT2D eigenvalue weighted by molar-refractivity contribution is 6.31. The SMILES string of the molecule is Cn1ncc(Cl)c1C1CCCCCN1C(=O)C(C)(C)C. The zero-order valence-electron chi connectivity index (χ0n) is 12.8. The third-order valence-corrected chi connectivity index (χ3v) is 4.20. The molecular formula is C15H24ClN3O. The van der Waals surface area contributed by atoms with Crippen molar-refractivity contribution in [3.05, 3.63) is 16.9 Å². The summed E-state index contributed by atoms with van der Waals surface area (Å²) < 4.78 is 1.81. The van der Waals surface area contributed by atoms with E-state index in [0.29, 0.717) is 5.02 Å². The Balaban J connectivity index is 2.38. The molecule has 0 aliphatic carbocycles. The maximum Gasteiger partial charge on any atom is 0.228 e. The van der Waals surface area contributed by atoms with Gasteiger partial charge in [-0.3, -0.25) is 9.48 Å². The average molecular weight is 298 g/mol. The molecule has 1 aromatic heterocycles. The second-order valence-electron chi connectivity index (χ2n) is 6.62. The van der Waals surface area contributed by atoms with Crippen LogP contribution in [0.15, 0.2) is 6.20 Å². The molecule has 2 rings (SSSR count). The van der Waals surface area contributed by atoms with Crippen LogP contribution in [0, 0.1) is 5.41 Å². The van der Waals surface area contributed by atoms with Gasteiger partial charge in [-0.05, 0) is 12.8 Å². The Morgan fingerprint density at radius 2 is 2.05 bits per heavy atom. The maximum absolute atomic E-state index is 12.8. The molecule has 0 N–H and O–H groups in total. The second-order valence-corrected chi connectivity index (χ2v) is 7.02. The van der Waals surface area contributed by atoms with Crippen molar-refractivity contribution in [2.24, 2.45) is 12.5 Å². The molecule has 1 saturated heterocycles. The summed E-state index contributed by atoms with van der Waals surface area (Å²) in [4.78, 5) is 14.8. The van der Waals surface area contributed by atoms with Crippen LogP contribution < -0.4 is 0 Å². The highest BCUT2D eigenvalue weighted by atomic mass is 35.5. The van der Waals surface area contributed by atoms with Crippen molar-refractivity contribution in [3.8, 4) is 0 Å². The number of aromatic nitrogens is 2. The van der Waals surface area contributed by atoms with Crippen molar-refractivity contribution in [1.82, 2.24) is 14.7 Å². The molecule has 1 unspecified atom stereocenters. The third-order valence-electron chi connectivity index (χ3n) is 3.91. The second kappa shape index (κ2) is 5.76. The molecule has 112 valence electrons. The summed E-state index contributed by atoms with van der Waals surface area (Å²) in [5.74, 6) is 0.196. The van der Waals surface area contributed by atoms with Gasteiger partial charge in [0.25, 0.3) is 0 Å². The number of carbonyl (C=O) groups is 1. The van der Waals surface area contributed by atoms with E-state index in [0.717, 1.165) is 31.5 Å². The Morgan fingerprint density at radius 3 is 2.60 bits per heavy atom. The van der Waals surface area contributed by atoms with Crippen molar-refractivity contribution in [2.45, 2.75) is 52.5 Å². The first kappa shape index (κ1) is 15.4. The van der Waals surface area contributed by atoms with E-state index in [2.05, 4.69) is 5.10 Å². The van der Waals surface area contributed by atoms with Gasteiger partial charge in [0.15, 0.2) is 0 Å². The van der Waals surface area contributed by atoms with Gasteiger partial charge in [-0.15, -0.1) is 0 Å². The largest absolute Gasteiger partial charge is 0.334 e. The molecule has 1 aromatic rings. The van der Waals surface area contributed by atoms with Gasteiger partial charge < -0.3 is 4.90 Å². The zero-order valence-corrected chi connectivity index (χ0v) is 13.6. The van der Waals surface area contributed by atoms with Crippen LogP contribution in [0.2, 0.25) is 5.02 Å². The first-order valence-electron chi connectivity index (χ1n) is 7.31. The Bertz CT molecular complexity index is 470. The predicted octanol–water partition coefficient (Wildman–Crippen LogP) is 3.56. The molecule has 0 saturated carbocycles. The Labute approximate surface area is 126 Å². The number of carbonyl (C=O) groups excluding carboxylic acids is 1. The van der Waals surface area contributed by atoms with E-state index >= 15 is 0 Å². The van der Waals surface area contributed by atoms with E-state index in [-0.39, 0.29) is 17.4 Å². The highest BCUT2D eigenvalue weighted by Crippen LogP contribution is 2.36. The molecule has 5 heteroatoms. The zero-order chi connectivity index (χ0) is 14.9. The van der Waals surface area contributed by atoms with Gasteiger partial charge >= 0.3 is 0 Å². The lowest BCUT2D eigenvalue weighted by molar-refractivity contribution is -0.142. The maximum atomic E-state index is 12.8. The number of halogens is 1. The lowest BCUT2D eigenvalue weighted by atomic mass is 9.93. The molecule has 1 aliphatic heterocycles. The molecular weight excluding hydrogens is 274 g/mol. The van der Waals surface area contributed by atoms with Gasteiger partial charge in [-0.1, -0.05) is 45.2 Å². The van der Waals surface area contributed by atoms with Crippen LogP contribution in [0.4, 0.5) is 0 Å². The Kier molecular flexibility index (Phi) is 4.43. The summed E-state index contributed by atoms with van der Waals surface area (Å²) in [6.07, 6.45) is 5.98. The molecule has 0 bridgehead atoms. The molecule has 0 aromatic carbocycles. The van der Waals surface area contributed by atoms with Gasteiger partial charge in [-0.25, -0.2) is 0 Å². The van der Waals surface area contributed by atoms with Crippen molar-refractivity contribution in [3.63, 3.8) is 0 Å². The fraction of sp³-hybridized carbons (Fsp3) is 0.733. The van der Waals surface area contributed by atoms with Gasteiger partial charge in [0.1, 0.15) is 0 Å². The minimum atomic E-state index is -0.367. The summed E-state index contributed by atoms with van der Waals surface area (Å²) in [5, 5.41) is 4.88. The van der Waals surface area contributed by atoms with Crippen LogP contribution in [-0.2, 0) is 11.8 Å². The molecule has 1 fully saturated rings. The van der Waals surface area contributed by atoms with E-state index in [4.69, 9.17) is 11.6 Å². The summed E-state index contributed by atoms with van der Waals surface area (Å²) in [6.45, 7) is 6.73. The highest BCUT2D eigenvalue weighted by Gasteiger charge is 2.35. The number of hydrogen-bond donors (Lipinski definition) is 0. The molecule has 4 nitrogen and oxygen atoms in total. The summed E-state index contributed by atoms with van der Waals surface area (Å²) in [7, 11) is 1.89. The number of rotatable bonds is 1. The summed E-state index contributed by atoms with van der Waals surface area (Å²) in [6, 6.07) is 0.0456. The summed E-state index contributed by atoms with van der Waals surface area (Å²) >= 11 is 6.29. The smallest absolute Gasteiger partial charge is 0.228 e. The molecule has 1 aliphatic rings. The molecule has 0 radical (unpaired) electrons. The monoisotopic (exact) mass is 297 g/mol. The molecule has 20 heavy (non-hydrogen) atoms. The normalized spacial score (nSPS) is 20.9. The van der Waals surface area contributed by atoms with Gasteiger partial charge in [0.05, 0.1) is 23.0 Å². The van der Waals surface area contributed by atoms with Crippen LogP contribution in [0.1, 0.15) is 58.2 Å². The van der Waals surface area contributed by atoms with Crippen molar-refractivity contribution in [1.29, 1.82) is 0 Å². The van der Waals surface area contributed by atoms with Gasteiger partial charge in [0.2, 0.25) is 5.91 Å². The lowest BCUT2D eigenvalue weighted by Gasteiger charge is -2.35. The minimum Gasteiger partial charge on any atom is -0.334 e. The first-order chi connectivity index (χ1) is 9.32. The van der Waals surface area contributed by atoms with Crippen molar-refractivity contribution < 1.29 is 4.79 Å².